The average Bonchev–Trinajstić information content (AvgIpc) is 2.82. The molecule has 1 aromatic heterocycles. The van der Waals surface area contributed by atoms with E-state index in [4.69, 9.17) is 9.47 Å². The van der Waals surface area contributed by atoms with E-state index in [2.05, 4.69) is 19.8 Å². The summed E-state index contributed by atoms with van der Waals surface area (Å²) in [7, 11) is 2.26. The molecule has 190 valence electrons. The maximum Gasteiger partial charge on any atom is 0.573 e. The highest BCUT2D eigenvalue weighted by molar-refractivity contribution is 6.07. The number of hydrogen-bond donors (Lipinski definition) is 1. The molecule has 0 saturated heterocycles. The van der Waals surface area contributed by atoms with Crippen molar-refractivity contribution in [2.45, 2.75) is 13.3 Å². The lowest BCUT2D eigenvalue weighted by atomic mass is 10.1. The molecule has 0 aliphatic rings. The van der Waals surface area contributed by atoms with Gasteiger partial charge in [0.15, 0.2) is 23.1 Å². The molecular weight excluding hydrogens is 495 g/mol. The monoisotopic (exact) mass is 512 g/mol. The second kappa shape index (κ2) is 10.5. The number of alkyl halides is 3. The Kier molecular flexibility index (Phi) is 7.61. The SMILES string of the molecule is COC(=O)c1cc(NC(=O)c2c(Oc3ccc(OC(F)(F)F)cc3OC)ccc(F)c2F)c(C)cn1. The van der Waals surface area contributed by atoms with E-state index in [9.17, 15) is 31.5 Å². The van der Waals surface area contributed by atoms with Crippen LogP contribution in [0.3, 0.4) is 0 Å². The molecule has 1 heterocycles. The number of aromatic nitrogens is 1. The molecule has 0 spiro atoms. The lowest BCUT2D eigenvalue weighted by Crippen LogP contribution is -2.18. The number of rotatable bonds is 7. The minimum absolute atomic E-state index is 0.0521. The molecule has 3 rings (SSSR count). The standard InChI is InChI=1S/C23H17F5N2O6/c1-11-10-29-15(22(32)34-3)9-14(11)30-21(31)19-17(7-5-13(24)20(19)25)35-16-6-4-12(8-18(16)33-2)36-23(26,27)28/h4-10H,1-3H3,(H,29,30,31). The zero-order valence-electron chi connectivity index (χ0n) is 18.8. The predicted octanol–water partition coefficient (Wildman–Crippen LogP) is 5.41. The average molecular weight is 512 g/mol. The number of ether oxygens (including phenoxy) is 4. The Bertz CT molecular complexity index is 1310. The summed E-state index contributed by atoms with van der Waals surface area (Å²) >= 11 is 0. The third kappa shape index (κ3) is 5.98. The fourth-order valence-corrected chi connectivity index (χ4v) is 2.94. The van der Waals surface area contributed by atoms with Crippen LogP contribution >= 0.6 is 0 Å². The van der Waals surface area contributed by atoms with Gasteiger partial charge in [-0.1, -0.05) is 0 Å². The number of esters is 1. The number of aryl methyl sites for hydroxylation is 1. The lowest BCUT2D eigenvalue weighted by Gasteiger charge is -2.16. The Morgan fingerprint density at radius 3 is 2.31 bits per heavy atom. The Morgan fingerprint density at radius 2 is 1.67 bits per heavy atom. The predicted molar refractivity (Wildman–Crippen MR) is 114 cm³/mol. The maximum atomic E-state index is 14.7. The third-order valence-corrected chi connectivity index (χ3v) is 4.62. The van der Waals surface area contributed by atoms with Gasteiger partial charge in [-0.05, 0) is 42.8 Å². The van der Waals surface area contributed by atoms with Crippen LogP contribution in [0.25, 0.3) is 0 Å². The van der Waals surface area contributed by atoms with Gasteiger partial charge in [0.1, 0.15) is 22.8 Å². The molecule has 8 nitrogen and oxygen atoms in total. The summed E-state index contributed by atoms with van der Waals surface area (Å²) in [5.74, 6) is -6.44. The molecule has 1 N–H and O–H groups in total. The summed E-state index contributed by atoms with van der Waals surface area (Å²) in [5.41, 5.74) is -0.572. The van der Waals surface area contributed by atoms with Crippen molar-refractivity contribution in [1.29, 1.82) is 0 Å². The molecule has 2 aromatic carbocycles. The van der Waals surface area contributed by atoms with Crippen molar-refractivity contribution >= 4 is 17.6 Å². The maximum absolute atomic E-state index is 14.7. The molecule has 13 heteroatoms. The first-order chi connectivity index (χ1) is 16.9. The number of methoxy groups -OCH3 is 2. The minimum atomic E-state index is -4.96. The summed E-state index contributed by atoms with van der Waals surface area (Å²) < 4.78 is 85.1. The summed E-state index contributed by atoms with van der Waals surface area (Å²) in [6.07, 6.45) is -3.70. The molecule has 1 amide bonds. The quantitative estimate of drug-likeness (QED) is 0.334. The zero-order valence-corrected chi connectivity index (χ0v) is 18.8. The molecule has 0 radical (unpaired) electrons. The topological polar surface area (TPSA) is 96.0 Å². The smallest absolute Gasteiger partial charge is 0.493 e. The lowest BCUT2D eigenvalue weighted by molar-refractivity contribution is -0.274. The van der Waals surface area contributed by atoms with E-state index in [0.29, 0.717) is 11.6 Å². The van der Waals surface area contributed by atoms with Crippen molar-refractivity contribution in [2.75, 3.05) is 19.5 Å². The van der Waals surface area contributed by atoms with Crippen molar-refractivity contribution < 1.29 is 50.5 Å². The highest BCUT2D eigenvalue weighted by atomic mass is 19.4. The van der Waals surface area contributed by atoms with Gasteiger partial charge in [-0.2, -0.15) is 0 Å². The molecule has 3 aromatic rings. The summed E-state index contributed by atoms with van der Waals surface area (Å²) in [5, 5.41) is 2.35. The van der Waals surface area contributed by atoms with Crippen LogP contribution in [0.5, 0.6) is 23.0 Å². The molecule has 0 bridgehead atoms. The van der Waals surface area contributed by atoms with Crippen LogP contribution in [0.4, 0.5) is 27.6 Å². The highest BCUT2D eigenvalue weighted by Crippen LogP contribution is 2.38. The van der Waals surface area contributed by atoms with Crippen LogP contribution in [0, 0.1) is 18.6 Å². The van der Waals surface area contributed by atoms with E-state index >= 15 is 0 Å². The fraction of sp³-hybridized carbons (Fsp3) is 0.174. The van der Waals surface area contributed by atoms with E-state index in [1.807, 2.05) is 0 Å². The van der Waals surface area contributed by atoms with Crippen LogP contribution in [-0.4, -0.2) is 37.4 Å². The van der Waals surface area contributed by atoms with Crippen LogP contribution in [0.15, 0.2) is 42.6 Å². The van der Waals surface area contributed by atoms with Crippen molar-refractivity contribution in [3.63, 3.8) is 0 Å². The van der Waals surface area contributed by atoms with Crippen molar-refractivity contribution in [2.24, 2.45) is 0 Å². The first kappa shape index (κ1) is 26.2. The van der Waals surface area contributed by atoms with Crippen molar-refractivity contribution in [3.05, 3.63) is 71.1 Å². The molecule has 0 saturated carbocycles. The van der Waals surface area contributed by atoms with Gasteiger partial charge in [0.05, 0.1) is 14.2 Å². The Morgan fingerprint density at radius 1 is 0.972 bits per heavy atom. The number of carbonyl (C=O) groups excluding carboxylic acids is 2. The van der Waals surface area contributed by atoms with E-state index in [-0.39, 0.29) is 22.9 Å². The first-order valence-electron chi connectivity index (χ1n) is 9.89. The van der Waals surface area contributed by atoms with E-state index in [1.165, 1.54) is 12.3 Å². The number of anilines is 1. The third-order valence-electron chi connectivity index (χ3n) is 4.62. The van der Waals surface area contributed by atoms with Gasteiger partial charge in [0.25, 0.3) is 5.91 Å². The number of pyridine rings is 1. The normalized spacial score (nSPS) is 11.0. The van der Waals surface area contributed by atoms with Crippen molar-refractivity contribution in [1.82, 2.24) is 4.98 Å². The molecular formula is C23H17F5N2O6. The van der Waals surface area contributed by atoms with E-state index in [0.717, 1.165) is 38.5 Å². The van der Waals surface area contributed by atoms with E-state index < -0.39 is 46.9 Å². The molecule has 0 unspecified atom stereocenters. The molecule has 36 heavy (non-hydrogen) atoms. The van der Waals surface area contributed by atoms with Crippen molar-refractivity contribution in [3.8, 4) is 23.0 Å². The van der Waals surface area contributed by atoms with Gasteiger partial charge in [-0.25, -0.2) is 18.6 Å². The largest absolute Gasteiger partial charge is 0.573 e. The summed E-state index contributed by atoms with van der Waals surface area (Å²) in [6.45, 7) is 1.54. The van der Waals surface area contributed by atoms with Crippen LogP contribution < -0.4 is 19.5 Å². The van der Waals surface area contributed by atoms with Crippen LogP contribution in [0.1, 0.15) is 26.4 Å². The summed E-state index contributed by atoms with van der Waals surface area (Å²) in [4.78, 5) is 28.6. The number of nitrogens with one attached hydrogen (secondary N) is 1. The van der Waals surface area contributed by atoms with Crippen LogP contribution in [0.2, 0.25) is 0 Å². The number of nitrogens with zero attached hydrogens (tertiary/aromatic N) is 1. The molecule has 0 atom stereocenters. The fourth-order valence-electron chi connectivity index (χ4n) is 2.94. The Balaban J connectivity index is 1.97. The second-order valence-corrected chi connectivity index (χ2v) is 7.03. The molecule has 0 aliphatic carbocycles. The van der Waals surface area contributed by atoms with Crippen LogP contribution in [-0.2, 0) is 4.74 Å². The van der Waals surface area contributed by atoms with Gasteiger partial charge in [0, 0.05) is 18.0 Å². The van der Waals surface area contributed by atoms with Gasteiger partial charge in [-0.15, -0.1) is 13.2 Å². The highest BCUT2D eigenvalue weighted by Gasteiger charge is 2.31. The number of benzene rings is 2. The molecule has 0 aliphatic heterocycles. The van der Waals surface area contributed by atoms with Gasteiger partial charge in [0.2, 0.25) is 0 Å². The van der Waals surface area contributed by atoms with E-state index in [1.54, 1.807) is 6.92 Å². The second-order valence-electron chi connectivity index (χ2n) is 7.03. The molecule has 0 fully saturated rings. The minimum Gasteiger partial charge on any atom is -0.493 e. The number of halogens is 5. The summed E-state index contributed by atoms with van der Waals surface area (Å²) in [6, 6.07) is 5.61. The number of hydrogen-bond acceptors (Lipinski definition) is 7. The number of carbonyl (C=O) groups is 2. The Labute approximate surface area is 200 Å². The first-order valence-corrected chi connectivity index (χ1v) is 9.89. The Hall–Kier alpha value is -4.42. The van der Waals surface area contributed by atoms with Gasteiger partial charge >= 0.3 is 12.3 Å². The zero-order chi connectivity index (χ0) is 26.6. The van der Waals surface area contributed by atoms with Gasteiger partial charge in [-0.3, -0.25) is 4.79 Å². The van der Waals surface area contributed by atoms with Gasteiger partial charge < -0.3 is 24.3 Å². The number of amides is 1.